The Morgan fingerprint density at radius 1 is 1.38 bits per heavy atom. The third-order valence-electron chi connectivity index (χ3n) is 4.21. The van der Waals surface area contributed by atoms with Gasteiger partial charge in [-0.3, -0.25) is 4.79 Å². The summed E-state index contributed by atoms with van der Waals surface area (Å²) < 4.78 is 5.77. The predicted octanol–water partition coefficient (Wildman–Crippen LogP) is 4.10. The molecule has 0 spiro atoms. The van der Waals surface area contributed by atoms with Gasteiger partial charge in [0, 0.05) is 16.7 Å². The van der Waals surface area contributed by atoms with E-state index in [1.807, 2.05) is 19.9 Å². The number of benzene rings is 1. The van der Waals surface area contributed by atoms with E-state index in [1.165, 1.54) is 4.88 Å². The second-order valence-corrected chi connectivity index (χ2v) is 7.18. The van der Waals surface area contributed by atoms with E-state index in [0.29, 0.717) is 17.2 Å². The molecular formula is C19H22N2O2S. The number of nitrogens with two attached hydrogens (primary N) is 1. The Labute approximate surface area is 146 Å². The van der Waals surface area contributed by atoms with Crippen LogP contribution >= 0.6 is 11.3 Å². The molecule has 1 aliphatic carbocycles. The number of aryl methyl sites for hydroxylation is 3. The molecular weight excluding hydrogens is 320 g/mol. The van der Waals surface area contributed by atoms with Crippen molar-refractivity contribution in [3.05, 3.63) is 44.8 Å². The molecule has 3 rings (SSSR count). The first-order chi connectivity index (χ1) is 11.5. The lowest BCUT2D eigenvalue weighted by molar-refractivity contribution is 0.100. The molecule has 1 amide bonds. The van der Waals surface area contributed by atoms with E-state index in [-0.39, 0.29) is 5.91 Å². The number of thiophene rings is 1. The number of nitrogens with zero attached hydrogens (tertiary/aromatic N) is 1. The quantitative estimate of drug-likeness (QED) is 0.831. The minimum Gasteiger partial charge on any atom is -0.493 e. The number of carbonyl (C=O) groups is 1. The number of hydrogen-bond donors (Lipinski definition) is 1. The highest BCUT2D eigenvalue weighted by atomic mass is 32.1. The van der Waals surface area contributed by atoms with E-state index in [0.717, 1.165) is 47.3 Å². The van der Waals surface area contributed by atoms with Crippen LogP contribution in [0.1, 0.15) is 50.8 Å². The molecule has 24 heavy (non-hydrogen) atoms. The molecule has 1 heterocycles. The molecule has 2 N–H and O–H groups in total. The highest BCUT2D eigenvalue weighted by Gasteiger charge is 2.24. The fraction of sp³-hybridized carbons (Fsp3) is 0.368. The SMILES string of the molecule is CCOc1c(C)cc(C)cc1C=Nc1sc2c(c1C(N)=O)CCC2. The summed E-state index contributed by atoms with van der Waals surface area (Å²) in [4.78, 5) is 17.7. The average Bonchev–Trinajstić information content (AvgIpc) is 3.07. The Morgan fingerprint density at radius 2 is 2.17 bits per heavy atom. The maximum absolute atomic E-state index is 11.9. The van der Waals surface area contributed by atoms with Crippen LogP contribution < -0.4 is 10.5 Å². The van der Waals surface area contributed by atoms with Crippen LogP contribution in [0.4, 0.5) is 5.00 Å². The monoisotopic (exact) mass is 342 g/mol. The number of hydrogen-bond acceptors (Lipinski definition) is 4. The first-order valence-electron chi connectivity index (χ1n) is 8.23. The topological polar surface area (TPSA) is 64.7 Å². The van der Waals surface area contributed by atoms with Crippen LogP contribution in [0.15, 0.2) is 17.1 Å². The largest absolute Gasteiger partial charge is 0.493 e. The lowest BCUT2D eigenvalue weighted by Gasteiger charge is -2.11. The van der Waals surface area contributed by atoms with E-state index in [4.69, 9.17) is 10.5 Å². The molecule has 1 aliphatic rings. The van der Waals surface area contributed by atoms with E-state index < -0.39 is 0 Å². The van der Waals surface area contributed by atoms with Crippen LogP contribution in [0.2, 0.25) is 0 Å². The standard InChI is InChI=1S/C19H22N2O2S/c1-4-23-17-12(3)8-11(2)9-13(17)10-21-19-16(18(20)22)14-6-5-7-15(14)24-19/h8-10H,4-7H2,1-3H3,(H2,20,22). The molecule has 0 atom stereocenters. The summed E-state index contributed by atoms with van der Waals surface area (Å²) in [5.74, 6) is 0.462. The van der Waals surface area contributed by atoms with Crippen LogP contribution in [0.3, 0.4) is 0 Å². The molecule has 0 unspecified atom stereocenters. The van der Waals surface area contributed by atoms with Gasteiger partial charge in [-0.25, -0.2) is 4.99 Å². The van der Waals surface area contributed by atoms with Crippen molar-refractivity contribution in [3.63, 3.8) is 0 Å². The zero-order valence-corrected chi connectivity index (χ0v) is 15.1. The number of ether oxygens (including phenoxy) is 1. The molecule has 0 aliphatic heterocycles. The fourth-order valence-electron chi connectivity index (χ4n) is 3.29. The van der Waals surface area contributed by atoms with Crippen LogP contribution in [-0.2, 0) is 12.8 Å². The summed E-state index contributed by atoms with van der Waals surface area (Å²) in [6.07, 6.45) is 4.83. The molecule has 0 saturated carbocycles. The second kappa shape index (κ2) is 6.77. The summed E-state index contributed by atoms with van der Waals surface area (Å²) in [6.45, 7) is 6.65. The number of amides is 1. The number of carbonyl (C=O) groups excluding carboxylic acids is 1. The Morgan fingerprint density at radius 3 is 2.88 bits per heavy atom. The molecule has 1 aromatic heterocycles. The van der Waals surface area contributed by atoms with Crippen molar-refractivity contribution in [3.8, 4) is 5.75 Å². The van der Waals surface area contributed by atoms with Gasteiger partial charge in [0.25, 0.3) is 5.91 Å². The van der Waals surface area contributed by atoms with Crippen LogP contribution in [0.25, 0.3) is 0 Å². The predicted molar refractivity (Wildman–Crippen MR) is 99.2 cm³/mol. The Hall–Kier alpha value is -2.14. The number of aliphatic imine (C=N–C) groups is 1. The molecule has 2 aromatic rings. The highest BCUT2D eigenvalue weighted by Crippen LogP contribution is 2.40. The van der Waals surface area contributed by atoms with Gasteiger partial charge < -0.3 is 10.5 Å². The van der Waals surface area contributed by atoms with Gasteiger partial charge >= 0.3 is 0 Å². The number of primary amides is 1. The lowest BCUT2D eigenvalue weighted by Crippen LogP contribution is -2.12. The average molecular weight is 342 g/mol. The summed E-state index contributed by atoms with van der Waals surface area (Å²) in [5, 5.41) is 0.716. The molecule has 1 aromatic carbocycles. The van der Waals surface area contributed by atoms with E-state index in [9.17, 15) is 4.79 Å². The van der Waals surface area contributed by atoms with Gasteiger partial charge in [0.15, 0.2) is 0 Å². The van der Waals surface area contributed by atoms with Gasteiger partial charge in [-0.2, -0.15) is 0 Å². The molecule has 5 heteroatoms. The van der Waals surface area contributed by atoms with Gasteiger partial charge in [-0.15, -0.1) is 11.3 Å². The van der Waals surface area contributed by atoms with E-state index in [1.54, 1.807) is 17.6 Å². The minimum absolute atomic E-state index is 0.382. The number of fused-ring (bicyclic) bond motifs is 1. The van der Waals surface area contributed by atoms with Gasteiger partial charge in [0.1, 0.15) is 10.8 Å². The van der Waals surface area contributed by atoms with Crippen molar-refractivity contribution >= 4 is 28.5 Å². The normalized spacial score (nSPS) is 13.5. The van der Waals surface area contributed by atoms with Crippen molar-refractivity contribution in [2.45, 2.75) is 40.0 Å². The van der Waals surface area contributed by atoms with Crippen LogP contribution in [0, 0.1) is 13.8 Å². The highest BCUT2D eigenvalue weighted by molar-refractivity contribution is 7.16. The maximum atomic E-state index is 11.9. The first kappa shape index (κ1) is 16.7. The lowest BCUT2D eigenvalue weighted by atomic mass is 10.1. The molecule has 0 bridgehead atoms. The van der Waals surface area contributed by atoms with Crippen molar-refractivity contribution in [1.29, 1.82) is 0 Å². The molecule has 0 radical (unpaired) electrons. The van der Waals surface area contributed by atoms with Gasteiger partial charge in [-0.1, -0.05) is 6.07 Å². The Bertz CT molecular complexity index is 821. The third-order valence-corrected chi connectivity index (χ3v) is 5.41. The zero-order chi connectivity index (χ0) is 17.3. The van der Waals surface area contributed by atoms with E-state index in [2.05, 4.69) is 18.0 Å². The smallest absolute Gasteiger partial charge is 0.252 e. The summed E-state index contributed by atoms with van der Waals surface area (Å²) in [6, 6.07) is 4.14. The summed E-state index contributed by atoms with van der Waals surface area (Å²) in [5.41, 5.74) is 10.5. The van der Waals surface area contributed by atoms with Crippen molar-refractivity contribution in [1.82, 2.24) is 0 Å². The minimum atomic E-state index is -0.382. The Kier molecular flexibility index (Phi) is 4.71. The fourth-order valence-corrected chi connectivity index (χ4v) is 4.53. The Balaban J connectivity index is 2.02. The van der Waals surface area contributed by atoms with Gasteiger partial charge in [0.2, 0.25) is 0 Å². The van der Waals surface area contributed by atoms with Gasteiger partial charge in [0.05, 0.1) is 12.2 Å². The molecule has 126 valence electrons. The van der Waals surface area contributed by atoms with Gasteiger partial charge in [-0.05, 0) is 62.8 Å². The number of rotatable bonds is 5. The summed E-state index contributed by atoms with van der Waals surface area (Å²) >= 11 is 1.58. The molecule has 0 saturated heterocycles. The summed E-state index contributed by atoms with van der Waals surface area (Å²) in [7, 11) is 0. The van der Waals surface area contributed by atoms with Crippen LogP contribution in [-0.4, -0.2) is 18.7 Å². The zero-order valence-electron chi connectivity index (χ0n) is 14.3. The van der Waals surface area contributed by atoms with E-state index >= 15 is 0 Å². The maximum Gasteiger partial charge on any atom is 0.252 e. The van der Waals surface area contributed by atoms with Crippen molar-refractivity contribution in [2.24, 2.45) is 10.7 Å². The molecule has 4 nitrogen and oxygen atoms in total. The third kappa shape index (κ3) is 3.08. The van der Waals surface area contributed by atoms with Crippen molar-refractivity contribution in [2.75, 3.05) is 6.61 Å². The molecule has 0 fully saturated rings. The first-order valence-corrected chi connectivity index (χ1v) is 9.05. The second-order valence-electron chi connectivity index (χ2n) is 6.09. The van der Waals surface area contributed by atoms with Crippen molar-refractivity contribution < 1.29 is 9.53 Å². The van der Waals surface area contributed by atoms with Crippen LogP contribution in [0.5, 0.6) is 5.75 Å².